The van der Waals surface area contributed by atoms with E-state index in [1.165, 1.54) is 12.1 Å². The van der Waals surface area contributed by atoms with E-state index in [2.05, 4.69) is 15.9 Å². The second kappa shape index (κ2) is 7.74. The van der Waals surface area contributed by atoms with Crippen LogP contribution in [-0.4, -0.2) is 29.7 Å². The van der Waals surface area contributed by atoms with Crippen molar-refractivity contribution >= 4 is 33.4 Å². The zero-order chi connectivity index (χ0) is 13.5. The number of amides is 1. The molecule has 0 heterocycles. The van der Waals surface area contributed by atoms with E-state index >= 15 is 0 Å². The molecule has 0 aliphatic carbocycles. The average molecular weight is 337 g/mol. The first-order chi connectivity index (χ1) is 8.56. The van der Waals surface area contributed by atoms with Crippen LogP contribution in [0.2, 0.25) is 5.02 Å². The average Bonchev–Trinajstić information content (AvgIpc) is 2.33. The van der Waals surface area contributed by atoms with Gasteiger partial charge in [0.25, 0.3) is 5.91 Å². The zero-order valence-corrected chi connectivity index (χ0v) is 12.6. The monoisotopic (exact) mass is 335 g/mol. The summed E-state index contributed by atoms with van der Waals surface area (Å²) in [6.45, 7) is 0.680. The highest BCUT2D eigenvalue weighted by molar-refractivity contribution is 9.09. The van der Waals surface area contributed by atoms with Crippen LogP contribution in [0.25, 0.3) is 0 Å². The lowest BCUT2D eigenvalue weighted by Crippen LogP contribution is -2.28. The van der Waals surface area contributed by atoms with Gasteiger partial charge in [-0.1, -0.05) is 34.0 Å². The summed E-state index contributed by atoms with van der Waals surface area (Å²) in [5, 5.41) is 1.14. The minimum Gasteiger partial charge on any atom is -0.342 e. The van der Waals surface area contributed by atoms with Crippen molar-refractivity contribution in [1.82, 2.24) is 4.90 Å². The van der Waals surface area contributed by atoms with Crippen LogP contribution in [0.4, 0.5) is 4.39 Å². The zero-order valence-electron chi connectivity index (χ0n) is 10.3. The second-order valence-electron chi connectivity index (χ2n) is 4.10. The number of hydrogen-bond donors (Lipinski definition) is 0. The molecule has 0 saturated heterocycles. The molecule has 0 fully saturated rings. The first-order valence-corrected chi connectivity index (χ1v) is 7.32. The van der Waals surface area contributed by atoms with Crippen molar-refractivity contribution in [2.24, 2.45) is 0 Å². The molecule has 1 amide bonds. The van der Waals surface area contributed by atoms with Gasteiger partial charge in [0.15, 0.2) is 0 Å². The van der Waals surface area contributed by atoms with E-state index < -0.39 is 5.82 Å². The smallest absolute Gasteiger partial charge is 0.255 e. The van der Waals surface area contributed by atoms with Crippen LogP contribution < -0.4 is 0 Å². The molecule has 0 unspecified atom stereocenters. The number of nitrogens with zero attached hydrogens (tertiary/aromatic N) is 1. The number of benzene rings is 1. The third-order valence-electron chi connectivity index (χ3n) is 2.64. The first kappa shape index (κ1) is 15.4. The number of hydrogen-bond acceptors (Lipinski definition) is 1. The lowest BCUT2D eigenvalue weighted by Gasteiger charge is -2.17. The van der Waals surface area contributed by atoms with Gasteiger partial charge < -0.3 is 4.90 Å². The molecular formula is C13H16BrClFNO. The van der Waals surface area contributed by atoms with Crippen molar-refractivity contribution in [3.05, 3.63) is 34.6 Å². The van der Waals surface area contributed by atoms with Gasteiger partial charge in [-0.2, -0.15) is 0 Å². The van der Waals surface area contributed by atoms with Crippen molar-refractivity contribution in [2.75, 3.05) is 18.9 Å². The molecule has 100 valence electrons. The van der Waals surface area contributed by atoms with Gasteiger partial charge in [0, 0.05) is 18.9 Å². The van der Waals surface area contributed by atoms with Crippen LogP contribution in [0, 0.1) is 5.82 Å². The molecule has 0 spiro atoms. The largest absolute Gasteiger partial charge is 0.342 e. The van der Waals surface area contributed by atoms with Crippen molar-refractivity contribution in [2.45, 2.75) is 19.3 Å². The van der Waals surface area contributed by atoms with Crippen LogP contribution in [0.15, 0.2) is 18.2 Å². The number of carbonyl (C=O) groups is 1. The van der Waals surface area contributed by atoms with E-state index in [-0.39, 0.29) is 10.9 Å². The molecule has 1 rings (SSSR count). The molecule has 0 N–H and O–H groups in total. The van der Waals surface area contributed by atoms with E-state index in [0.717, 1.165) is 30.7 Å². The fourth-order valence-electron chi connectivity index (χ4n) is 1.59. The lowest BCUT2D eigenvalue weighted by molar-refractivity contribution is 0.0793. The van der Waals surface area contributed by atoms with Crippen molar-refractivity contribution in [1.29, 1.82) is 0 Å². The van der Waals surface area contributed by atoms with Crippen molar-refractivity contribution in [3.63, 3.8) is 0 Å². The molecule has 2 nitrogen and oxygen atoms in total. The van der Waals surface area contributed by atoms with Gasteiger partial charge in [-0.05, 0) is 31.0 Å². The Labute approximate surface area is 120 Å². The first-order valence-electron chi connectivity index (χ1n) is 5.82. The number of unbranched alkanes of at least 4 members (excludes halogenated alkanes) is 2. The van der Waals surface area contributed by atoms with Crippen LogP contribution in [-0.2, 0) is 0 Å². The number of alkyl halides is 1. The molecule has 0 aliphatic heterocycles. The third kappa shape index (κ3) is 4.58. The third-order valence-corrected chi connectivity index (χ3v) is 3.51. The summed E-state index contributed by atoms with van der Waals surface area (Å²) in [7, 11) is 1.73. The topological polar surface area (TPSA) is 20.3 Å². The summed E-state index contributed by atoms with van der Waals surface area (Å²) < 4.78 is 12.9. The van der Waals surface area contributed by atoms with Gasteiger partial charge in [-0.25, -0.2) is 4.39 Å². The molecule has 0 saturated carbocycles. The summed E-state index contributed by atoms with van der Waals surface area (Å²) in [5.74, 6) is -0.602. The van der Waals surface area contributed by atoms with Gasteiger partial charge in [0.2, 0.25) is 0 Å². The Morgan fingerprint density at radius 2 is 2.11 bits per heavy atom. The maximum absolute atomic E-state index is 12.9. The van der Waals surface area contributed by atoms with Gasteiger partial charge in [0.1, 0.15) is 5.82 Å². The van der Waals surface area contributed by atoms with Crippen LogP contribution in [0.1, 0.15) is 29.6 Å². The minimum atomic E-state index is -0.434. The van der Waals surface area contributed by atoms with Crippen molar-refractivity contribution < 1.29 is 9.18 Å². The Hall–Kier alpha value is -0.610. The highest BCUT2D eigenvalue weighted by Crippen LogP contribution is 2.18. The van der Waals surface area contributed by atoms with E-state index in [9.17, 15) is 9.18 Å². The standard InChI is InChI=1S/C13H16BrClFNO/c1-17(8-4-2-3-7-14)13(18)11-6-5-10(16)9-12(11)15/h5-6,9H,2-4,7-8H2,1H3. The SMILES string of the molecule is CN(CCCCCBr)C(=O)c1ccc(F)cc1Cl. The van der Waals surface area contributed by atoms with Gasteiger partial charge in [-0.15, -0.1) is 0 Å². The molecule has 1 aromatic carbocycles. The number of halogens is 3. The Kier molecular flexibility index (Phi) is 6.65. The molecule has 5 heteroatoms. The Morgan fingerprint density at radius 3 is 2.72 bits per heavy atom. The lowest BCUT2D eigenvalue weighted by atomic mass is 10.2. The summed E-state index contributed by atoms with van der Waals surface area (Å²) in [6, 6.07) is 3.83. The van der Waals surface area contributed by atoms with E-state index in [4.69, 9.17) is 11.6 Å². The quantitative estimate of drug-likeness (QED) is 0.565. The van der Waals surface area contributed by atoms with E-state index in [1.807, 2.05) is 0 Å². The summed E-state index contributed by atoms with van der Waals surface area (Å²) in [4.78, 5) is 13.7. The van der Waals surface area contributed by atoms with Crippen LogP contribution in [0.3, 0.4) is 0 Å². The fraction of sp³-hybridized carbons (Fsp3) is 0.462. The van der Waals surface area contributed by atoms with E-state index in [1.54, 1.807) is 11.9 Å². The maximum atomic E-state index is 12.9. The molecule has 0 radical (unpaired) electrons. The van der Waals surface area contributed by atoms with Crippen LogP contribution in [0.5, 0.6) is 0 Å². The summed E-state index contributed by atoms with van der Waals surface area (Å²) in [6.07, 6.45) is 3.12. The number of carbonyl (C=O) groups excluding carboxylic acids is 1. The predicted octanol–water partition coefficient (Wildman–Crippen LogP) is 4.12. The molecule has 0 aliphatic rings. The maximum Gasteiger partial charge on any atom is 0.255 e. The Morgan fingerprint density at radius 1 is 1.39 bits per heavy atom. The minimum absolute atomic E-state index is 0.160. The van der Waals surface area contributed by atoms with Crippen LogP contribution >= 0.6 is 27.5 Å². The molecule has 1 aromatic rings. The van der Waals surface area contributed by atoms with Gasteiger partial charge in [0.05, 0.1) is 10.6 Å². The molecule has 18 heavy (non-hydrogen) atoms. The summed E-state index contributed by atoms with van der Waals surface area (Å²) >= 11 is 9.22. The highest BCUT2D eigenvalue weighted by Gasteiger charge is 2.15. The van der Waals surface area contributed by atoms with E-state index in [0.29, 0.717) is 12.1 Å². The van der Waals surface area contributed by atoms with Crippen molar-refractivity contribution in [3.8, 4) is 0 Å². The number of rotatable bonds is 6. The molecule has 0 aromatic heterocycles. The van der Waals surface area contributed by atoms with Gasteiger partial charge in [-0.3, -0.25) is 4.79 Å². The van der Waals surface area contributed by atoms with Gasteiger partial charge >= 0.3 is 0 Å². The highest BCUT2D eigenvalue weighted by atomic mass is 79.9. The molecular weight excluding hydrogens is 321 g/mol. The normalized spacial score (nSPS) is 10.4. The predicted molar refractivity (Wildman–Crippen MR) is 76.0 cm³/mol. The molecule has 0 atom stereocenters. The fourth-order valence-corrected chi connectivity index (χ4v) is 2.23. The summed E-state index contributed by atoms with van der Waals surface area (Å²) in [5.41, 5.74) is 0.348. The molecule has 0 bridgehead atoms. The Balaban J connectivity index is 2.57. The second-order valence-corrected chi connectivity index (χ2v) is 5.30. The Bertz CT molecular complexity index is 414.